The molecule has 12 atom stereocenters. The molecule has 376 valence electrons. The number of rotatable bonds is 13. The van der Waals surface area contributed by atoms with Gasteiger partial charge in [-0.2, -0.15) is 0 Å². The van der Waals surface area contributed by atoms with Crippen molar-refractivity contribution in [3.8, 4) is 0 Å². The van der Waals surface area contributed by atoms with Crippen molar-refractivity contribution in [1.29, 1.82) is 0 Å². The molecule has 3 heterocycles. The molecule has 0 amide bonds. The Morgan fingerprint density at radius 3 is 1.14 bits per heavy atom. The number of thiophene rings is 1. The fourth-order valence-corrected chi connectivity index (χ4v) is 8.65. The van der Waals surface area contributed by atoms with Crippen LogP contribution >= 0.6 is 49.3 Å². The quantitative estimate of drug-likeness (QED) is 0.0784. The Morgan fingerprint density at radius 2 is 0.803 bits per heavy atom. The van der Waals surface area contributed by atoms with Crippen LogP contribution in [0.25, 0.3) is 0 Å². The number of carbonyl (C=O) groups is 6. The predicted molar refractivity (Wildman–Crippen MR) is 260 cm³/mol. The number of carbonyl (C=O) groups excluding carboxylic acids is 6. The average molecular weight is 1100 g/mol. The zero-order valence-electron chi connectivity index (χ0n) is 41.7. The van der Waals surface area contributed by atoms with Gasteiger partial charge in [0.1, 0.15) is 37.1 Å². The molecule has 16 nitrogen and oxygen atoms in total. The van der Waals surface area contributed by atoms with E-state index in [1.54, 1.807) is 137 Å². The molecular weight excluding hydrogens is 1030 g/mol. The lowest BCUT2D eigenvalue weighted by atomic mass is 9.90. The second-order valence-electron chi connectivity index (χ2n) is 22.9. The Kier molecular flexibility index (Phi) is 19.7. The first-order valence-corrected chi connectivity index (χ1v) is 27.2. The first-order valence-electron chi connectivity index (χ1n) is 21.9. The molecule has 2 aliphatic rings. The van der Waals surface area contributed by atoms with Gasteiger partial charge in [0.05, 0.1) is 45.5 Å². The molecule has 0 spiro atoms. The highest BCUT2D eigenvalue weighted by molar-refractivity contribution is 14.2. The van der Waals surface area contributed by atoms with E-state index in [-0.39, 0.29) is 19.7 Å². The lowest BCUT2D eigenvalue weighted by Gasteiger charge is -2.46. The topological polar surface area (TPSA) is 195 Å². The van der Waals surface area contributed by atoms with Gasteiger partial charge in [-0.05, 0) is 159 Å². The molecule has 0 bridgehead atoms. The monoisotopic (exact) mass is 1100 g/mol. The van der Waals surface area contributed by atoms with E-state index in [4.69, 9.17) is 46.9 Å². The van der Waals surface area contributed by atoms with Gasteiger partial charge in [-0.15, -0.1) is 11.3 Å². The maximum absolute atomic E-state index is 13.9. The van der Waals surface area contributed by atoms with Crippen molar-refractivity contribution < 1.29 is 75.7 Å². The molecule has 20 heteroatoms. The Hall–Kier alpha value is -2.05. The fourth-order valence-electron chi connectivity index (χ4n) is 6.06. The highest BCUT2D eigenvalue weighted by Gasteiger charge is 2.57. The normalized spacial score (nSPS) is 26.9. The molecule has 0 aromatic carbocycles. The Bertz CT molecular complexity index is 1880. The zero-order valence-corrected chi connectivity index (χ0v) is 46.9. The highest BCUT2D eigenvalue weighted by atomic mass is 127. The fraction of sp³-hybridized carbons (Fsp3) is 0.783. The molecule has 0 radical (unpaired) electrons. The molecule has 2 unspecified atom stereocenters. The maximum atomic E-state index is 13.9. The molecule has 1 aromatic rings. The predicted octanol–water partition coefficient (Wildman–Crippen LogP) is 9.14. The van der Waals surface area contributed by atoms with Gasteiger partial charge >= 0.3 is 35.8 Å². The van der Waals surface area contributed by atoms with E-state index in [2.05, 4.69) is 9.47 Å². The standard InChI is InChI=1S/C46H73IO16P2S/c1-41(2,3)35(48)54-21-23-27(58-36(49)42(4,5)6)32(61-39(52)45(13,14)15)34(63-65-47)30(56-23)26-20-19-25(66-26)29-33(62-40(53)46(16,17)18)31(60-38(51)44(10,11)12)28(24(57-29)22-55-64)59-37(50)43(7,8)9/h19-20,23-24,27-34,65H,21-22,64H2,1-18H3/t23-,24-,27-,28-,29-,30-,31+,32+,33-,34-/m1/s1. The third-order valence-electron chi connectivity index (χ3n) is 10.2. The van der Waals surface area contributed by atoms with Gasteiger partial charge in [-0.25, -0.2) is 0 Å². The van der Waals surface area contributed by atoms with Crippen LogP contribution < -0.4 is 0 Å². The Balaban J connectivity index is 2.33. The van der Waals surface area contributed by atoms with Crippen LogP contribution in [0.4, 0.5) is 0 Å². The van der Waals surface area contributed by atoms with Crippen molar-refractivity contribution in [2.75, 3.05) is 13.2 Å². The van der Waals surface area contributed by atoms with Gasteiger partial charge in [0, 0.05) is 19.2 Å². The summed E-state index contributed by atoms with van der Waals surface area (Å²) in [4.78, 5) is 82.8. The van der Waals surface area contributed by atoms with Gasteiger partial charge < -0.3 is 46.9 Å². The molecule has 1 aromatic heterocycles. The van der Waals surface area contributed by atoms with Gasteiger partial charge in [-0.1, -0.05) is 0 Å². The molecular formula is C46H73IO16P2S. The summed E-state index contributed by atoms with van der Waals surface area (Å²) in [5.74, 6) is -3.67. The van der Waals surface area contributed by atoms with Crippen LogP contribution in [-0.2, 0) is 75.7 Å². The number of esters is 6. The minimum Gasteiger partial charge on any atom is -0.462 e. The minimum absolute atomic E-state index is 0.145. The maximum Gasteiger partial charge on any atom is 0.311 e. The van der Waals surface area contributed by atoms with Crippen LogP contribution in [0.3, 0.4) is 0 Å². The Morgan fingerprint density at radius 1 is 0.500 bits per heavy atom. The first kappa shape index (κ1) is 58.3. The van der Waals surface area contributed by atoms with Crippen LogP contribution in [0.5, 0.6) is 0 Å². The summed E-state index contributed by atoms with van der Waals surface area (Å²) in [6.45, 7) is 29.6. The number of hydrogen-bond donors (Lipinski definition) is 0. The third-order valence-corrected chi connectivity index (χ3v) is 12.7. The van der Waals surface area contributed by atoms with Crippen LogP contribution in [-0.4, -0.2) is 97.9 Å². The summed E-state index contributed by atoms with van der Waals surface area (Å²) in [5, 5.41) is 0. The van der Waals surface area contributed by atoms with Crippen molar-refractivity contribution in [3.05, 3.63) is 21.9 Å². The summed E-state index contributed by atoms with van der Waals surface area (Å²) in [5.41, 5.74) is -5.90. The van der Waals surface area contributed by atoms with Gasteiger partial charge in [0.25, 0.3) is 0 Å². The van der Waals surface area contributed by atoms with E-state index >= 15 is 0 Å². The first-order chi connectivity index (χ1) is 29.9. The summed E-state index contributed by atoms with van der Waals surface area (Å²) in [6.07, 6.45) is -12.0. The van der Waals surface area contributed by atoms with Crippen molar-refractivity contribution in [3.63, 3.8) is 0 Å². The smallest absolute Gasteiger partial charge is 0.311 e. The van der Waals surface area contributed by atoms with Crippen LogP contribution in [0.1, 0.15) is 147 Å². The van der Waals surface area contributed by atoms with Crippen molar-refractivity contribution in [1.82, 2.24) is 0 Å². The summed E-state index contributed by atoms with van der Waals surface area (Å²) in [7, 11) is 2.15. The van der Waals surface area contributed by atoms with E-state index < -0.39 is 129 Å². The van der Waals surface area contributed by atoms with Crippen molar-refractivity contribution in [2.45, 2.75) is 186 Å². The summed E-state index contributed by atoms with van der Waals surface area (Å²) in [6, 6.07) is 3.48. The van der Waals surface area contributed by atoms with Crippen molar-refractivity contribution in [2.24, 2.45) is 32.5 Å². The number of ether oxygens (including phenoxy) is 8. The molecule has 0 saturated carbocycles. The number of halogens is 1. The van der Waals surface area contributed by atoms with E-state index in [9.17, 15) is 28.8 Å². The highest BCUT2D eigenvalue weighted by Crippen LogP contribution is 2.48. The van der Waals surface area contributed by atoms with E-state index in [1.165, 1.54) is 11.3 Å². The van der Waals surface area contributed by atoms with Gasteiger partial charge in [-0.3, -0.25) is 28.8 Å². The zero-order chi connectivity index (χ0) is 50.7. The Labute approximate surface area is 412 Å². The largest absolute Gasteiger partial charge is 0.462 e. The second-order valence-corrected chi connectivity index (χ2v) is 26.1. The lowest BCUT2D eigenvalue weighted by Crippen LogP contribution is -2.60. The van der Waals surface area contributed by atoms with E-state index in [0.717, 1.165) is 0 Å². The minimum atomic E-state index is -1.38. The molecule has 2 aliphatic heterocycles. The third kappa shape index (κ3) is 15.5. The van der Waals surface area contributed by atoms with Crippen LogP contribution in [0.2, 0.25) is 0 Å². The van der Waals surface area contributed by atoms with Gasteiger partial charge in [0.2, 0.25) is 0 Å². The summed E-state index contributed by atoms with van der Waals surface area (Å²) >= 11 is 3.23. The molecule has 2 fully saturated rings. The lowest BCUT2D eigenvalue weighted by molar-refractivity contribution is -0.258. The molecule has 0 aliphatic carbocycles. The molecule has 0 N–H and O–H groups in total. The summed E-state index contributed by atoms with van der Waals surface area (Å²) < 4.78 is 62.2. The van der Waals surface area contributed by atoms with Crippen LogP contribution in [0.15, 0.2) is 12.1 Å². The second kappa shape index (κ2) is 22.4. The molecule has 2 saturated heterocycles. The number of hydrogen-bond acceptors (Lipinski definition) is 17. The molecule has 66 heavy (non-hydrogen) atoms. The SMILES string of the molecule is CC(C)(C)C(=O)OC[C@H]1O[C@H](c2ccc([C@H]3O[C@H](COP)[C@@H](OC(=O)C(C)(C)C)[C@H](OC(=O)C(C)(C)C)[C@@H]3OC(=O)C(C)(C)C)s2)[C@@H](OPI)[C@@H](OC(=O)C(C)(C)C)[C@@H]1OC(=O)C(C)(C)C. The van der Waals surface area contributed by atoms with Crippen molar-refractivity contribution >= 4 is 85.1 Å². The van der Waals surface area contributed by atoms with Gasteiger partial charge in [0.15, 0.2) is 30.5 Å². The average Bonchev–Trinajstić information content (AvgIpc) is 3.65. The van der Waals surface area contributed by atoms with E-state index in [1.807, 2.05) is 22.0 Å². The van der Waals surface area contributed by atoms with E-state index in [0.29, 0.717) is 9.75 Å². The molecule has 3 rings (SSSR count). The van der Waals surface area contributed by atoms with Crippen LogP contribution in [0, 0.1) is 32.5 Å².